The Bertz CT molecular complexity index is 481. The molecule has 1 N–H and O–H groups in total. The lowest BCUT2D eigenvalue weighted by Crippen LogP contribution is -2.39. The first-order valence-electron chi connectivity index (χ1n) is 5.87. The SMILES string of the molecule is Cn1ccnc1CNC1CCCC1S(C)(=O)=O. The number of hydrogen-bond donors (Lipinski definition) is 1. The van der Waals surface area contributed by atoms with Crippen molar-refractivity contribution in [3.05, 3.63) is 18.2 Å². The Morgan fingerprint density at radius 2 is 2.29 bits per heavy atom. The molecule has 1 aliphatic carbocycles. The van der Waals surface area contributed by atoms with Gasteiger partial charge in [0, 0.05) is 31.7 Å². The summed E-state index contributed by atoms with van der Waals surface area (Å²) in [6, 6.07) is 0.0710. The van der Waals surface area contributed by atoms with Gasteiger partial charge in [-0.05, 0) is 12.8 Å². The molecule has 96 valence electrons. The van der Waals surface area contributed by atoms with Crippen LogP contribution in [0.25, 0.3) is 0 Å². The standard InChI is InChI=1S/C11H19N3O2S/c1-14-7-6-12-11(14)8-13-9-4-3-5-10(9)17(2,15)16/h6-7,9-10,13H,3-5,8H2,1-2H3. The molecule has 2 atom stereocenters. The highest BCUT2D eigenvalue weighted by Gasteiger charge is 2.34. The van der Waals surface area contributed by atoms with E-state index in [4.69, 9.17) is 0 Å². The molecule has 6 heteroatoms. The summed E-state index contributed by atoms with van der Waals surface area (Å²) in [6.07, 6.45) is 7.66. The van der Waals surface area contributed by atoms with E-state index in [9.17, 15) is 8.42 Å². The topological polar surface area (TPSA) is 64.0 Å². The van der Waals surface area contributed by atoms with Crippen LogP contribution >= 0.6 is 0 Å². The minimum Gasteiger partial charge on any atom is -0.337 e. The van der Waals surface area contributed by atoms with Gasteiger partial charge in [0.15, 0.2) is 9.84 Å². The van der Waals surface area contributed by atoms with Crippen molar-refractivity contribution in [1.82, 2.24) is 14.9 Å². The first kappa shape index (κ1) is 12.6. The normalized spacial score (nSPS) is 25.3. The van der Waals surface area contributed by atoms with Gasteiger partial charge in [0.2, 0.25) is 0 Å². The number of nitrogens with zero attached hydrogens (tertiary/aromatic N) is 2. The molecule has 0 amide bonds. The van der Waals surface area contributed by atoms with E-state index < -0.39 is 9.84 Å². The van der Waals surface area contributed by atoms with Crippen molar-refractivity contribution < 1.29 is 8.42 Å². The Labute approximate surface area is 102 Å². The Hall–Kier alpha value is -0.880. The lowest BCUT2D eigenvalue weighted by molar-refractivity contribution is 0.495. The van der Waals surface area contributed by atoms with E-state index >= 15 is 0 Å². The maximum atomic E-state index is 11.6. The molecule has 0 aromatic carbocycles. The van der Waals surface area contributed by atoms with Crippen LogP contribution < -0.4 is 5.32 Å². The summed E-state index contributed by atoms with van der Waals surface area (Å²) >= 11 is 0. The number of imidazole rings is 1. The summed E-state index contributed by atoms with van der Waals surface area (Å²) in [5, 5.41) is 3.09. The van der Waals surface area contributed by atoms with Gasteiger partial charge in [-0.15, -0.1) is 0 Å². The number of hydrogen-bond acceptors (Lipinski definition) is 4. The van der Waals surface area contributed by atoms with E-state index in [1.54, 1.807) is 6.20 Å². The Balaban J connectivity index is 1.98. The molecule has 2 unspecified atom stereocenters. The fourth-order valence-electron chi connectivity index (χ4n) is 2.46. The number of aryl methyl sites for hydroxylation is 1. The molecular formula is C11H19N3O2S. The predicted molar refractivity (Wildman–Crippen MR) is 66.3 cm³/mol. The molecule has 17 heavy (non-hydrogen) atoms. The van der Waals surface area contributed by atoms with Gasteiger partial charge in [-0.3, -0.25) is 0 Å². The minimum atomic E-state index is -2.94. The molecule has 2 rings (SSSR count). The summed E-state index contributed by atoms with van der Waals surface area (Å²) in [4.78, 5) is 4.21. The van der Waals surface area contributed by atoms with Crippen molar-refractivity contribution in [3.8, 4) is 0 Å². The van der Waals surface area contributed by atoms with Gasteiger partial charge in [0.1, 0.15) is 5.82 Å². The number of nitrogens with one attached hydrogen (secondary N) is 1. The van der Waals surface area contributed by atoms with Gasteiger partial charge in [-0.25, -0.2) is 13.4 Å². The Morgan fingerprint density at radius 1 is 1.53 bits per heavy atom. The maximum Gasteiger partial charge on any atom is 0.151 e. The van der Waals surface area contributed by atoms with Crippen LogP contribution in [0.5, 0.6) is 0 Å². The highest BCUT2D eigenvalue weighted by molar-refractivity contribution is 7.91. The average Bonchev–Trinajstić information content (AvgIpc) is 2.82. The lowest BCUT2D eigenvalue weighted by atomic mass is 10.2. The van der Waals surface area contributed by atoms with Crippen LogP contribution in [-0.2, 0) is 23.4 Å². The smallest absolute Gasteiger partial charge is 0.151 e. The fourth-order valence-corrected chi connectivity index (χ4v) is 3.89. The van der Waals surface area contributed by atoms with Crippen LogP contribution in [0.2, 0.25) is 0 Å². The van der Waals surface area contributed by atoms with E-state index in [2.05, 4.69) is 10.3 Å². The number of aromatic nitrogens is 2. The summed E-state index contributed by atoms with van der Waals surface area (Å²) in [5.74, 6) is 0.934. The highest BCUT2D eigenvalue weighted by atomic mass is 32.2. The molecule has 1 heterocycles. The van der Waals surface area contributed by atoms with Crippen molar-refractivity contribution in [1.29, 1.82) is 0 Å². The fraction of sp³-hybridized carbons (Fsp3) is 0.727. The third-order valence-corrected chi connectivity index (χ3v) is 5.11. The molecule has 1 fully saturated rings. The third kappa shape index (κ3) is 2.87. The minimum absolute atomic E-state index is 0.0710. The molecule has 1 aromatic rings. The van der Waals surface area contributed by atoms with Gasteiger partial charge in [0.05, 0.1) is 11.8 Å². The summed E-state index contributed by atoms with van der Waals surface area (Å²) in [6.45, 7) is 0.625. The molecule has 0 saturated heterocycles. The van der Waals surface area contributed by atoms with Gasteiger partial charge in [-0.1, -0.05) is 6.42 Å². The van der Waals surface area contributed by atoms with Crippen LogP contribution in [0.1, 0.15) is 25.1 Å². The third-order valence-electron chi connectivity index (χ3n) is 3.45. The first-order valence-corrected chi connectivity index (χ1v) is 7.82. The van der Waals surface area contributed by atoms with Gasteiger partial charge in [-0.2, -0.15) is 0 Å². The maximum absolute atomic E-state index is 11.6. The second-order valence-electron chi connectivity index (χ2n) is 4.74. The molecular weight excluding hydrogens is 238 g/mol. The zero-order valence-electron chi connectivity index (χ0n) is 10.3. The second-order valence-corrected chi connectivity index (χ2v) is 7.01. The number of sulfone groups is 1. The number of rotatable bonds is 4. The van der Waals surface area contributed by atoms with E-state index in [1.165, 1.54) is 6.26 Å². The van der Waals surface area contributed by atoms with Crippen molar-refractivity contribution >= 4 is 9.84 Å². The lowest BCUT2D eigenvalue weighted by Gasteiger charge is -2.19. The predicted octanol–water partition coefficient (Wildman–Crippen LogP) is 0.475. The van der Waals surface area contributed by atoms with Crippen molar-refractivity contribution in [2.24, 2.45) is 7.05 Å². The highest BCUT2D eigenvalue weighted by Crippen LogP contribution is 2.25. The van der Waals surface area contributed by atoms with Crippen molar-refractivity contribution in [2.75, 3.05) is 6.26 Å². The zero-order valence-corrected chi connectivity index (χ0v) is 11.1. The molecule has 0 spiro atoms. The summed E-state index contributed by atoms with van der Waals surface area (Å²) in [5.41, 5.74) is 0. The summed E-state index contributed by atoms with van der Waals surface area (Å²) in [7, 11) is -1.01. The molecule has 1 aromatic heterocycles. The van der Waals surface area contributed by atoms with Crippen LogP contribution in [0.3, 0.4) is 0 Å². The van der Waals surface area contributed by atoms with Gasteiger partial charge >= 0.3 is 0 Å². The van der Waals surface area contributed by atoms with Crippen molar-refractivity contribution in [3.63, 3.8) is 0 Å². The molecule has 5 nitrogen and oxygen atoms in total. The van der Waals surface area contributed by atoms with E-state index in [-0.39, 0.29) is 11.3 Å². The molecule has 0 radical (unpaired) electrons. The van der Waals surface area contributed by atoms with Crippen LogP contribution in [-0.4, -0.2) is 35.5 Å². The van der Waals surface area contributed by atoms with Crippen LogP contribution in [0, 0.1) is 0 Å². The Morgan fingerprint density at radius 3 is 2.88 bits per heavy atom. The Kier molecular flexibility index (Phi) is 3.53. The molecule has 0 bridgehead atoms. The average molecular weight is 257 g/mol. The summed E-state index contributed by atoms with van der Waals surface area (Å²) < 4.78 is 25.2. The van der Waals surface area contributed by atoms with Crippen LogP contribution in [0.4, 0.5) is 0 Å². The second kappa shape index (κ2) is 4.78. The van der Waals surface area contributed by atoms with E-state index in [1.807, 2.05) is 17.8 Å². The van der Waals surface area contributed by atoms with Gasteiger partial charge in [0.25, 0.3) is 0 Å². The molecule has 1 aliphatic rings. The molecule has 0 aliphatic heterocycles. The van der Waals surface area contributed by atoms with Crippen LogP contribution in [0.15, 0.2) is 12.4 Å². The van der Waals surface area contributed by atoms with Crippen molar-refractivity contribution in [2.45, 2.75) is 37.1 Å². The molecule has 1 saturated carbocycles. The quantitative estimate of drug-likeness (QED) is 0.852. The zero-order chi connectivity index (χ0) is 12.5. The van der Waals surface area contributed by atoms with Gasteiger partial charge < -0.3 is 9.88 Å². The van der Waals surface area contributed by atoms with E-state index in [0.717, 1.165) is 25.1 Å². The largest absolute Gasteiger partial charge is 0.337 e. The van der Waals surface area contributed by atoms with E-state index in [0.29, 0.717) is 6.54 Å². The first-order chi connectivity index (χ1) is 7.98. The monoisotopic (exact) mass is 257 g/mol.